The van der Waals surface area contributed by atoms with Gasteiger partial charge >= 0.3 is 12.0 Å². The highest BCUT2D eigenvalue weighted by atomic mass is 16.4. The zero-order valence-corrected chi connectivity index (χ0v) is 11.3. The number of carboxylic acids is 1. The second-order valence-electron chi connectivity index (χ2n) is 5.94. The average molecular weight is 258 g/mol. The van der Waals surface area contributed by atoms with E-state index in [2.05, 4.69) is 38.3 Å². The Labute approximate surface area is 107 Å². The van der Waals surface area contributed by atoms with Crippen LogP contribution in [-0.4, -0.2) is 41.4 Å². The number of carbonyl (C=O) groups is 2. The minimum absolute atomic E-state index is 0.195. The normalized spacial score (nSPS) is 22.1. The Morgan fingerprint density at radius 1 is 1.17 bits per heavy atom. The first-order chi connectivity index (χ1) is 8.10. The van der Waals surface area contributed by atoms with Gasteiger partial charge in [-0.1, -0.05) is 27.7 Å². The standard InChI is InChI=1S/C12H22N2O4/c1-11(2)8(12(11,3)4)6-14-10(18)13-5-7(15)9(16)17/h7-8,15H,5-6H2,1-4H3,(H,16,17)(H2,13,14,18)/t7-/m0/s1. The molecule has 18 heavy (non-hydrogen) atoms. The van der Waals surface area contributed by atoms with Gasteiger partial charge in [-0.3, -0.25) is 0 Å². The number of aliphatic hydroxyl groups excluding tert-OH is 1. The topological polar surface area (TPSA) is 98.7 Å². The number of hydrogen-bond acceptors (Lipinski definition) is 3. The van der Waals surface area contributed by atoms with Gasteiger partial charge in [0.15, 0.2) is 6.10 Å². The van der Waals surface area contributed by atoms with Crippen molar-refractivity contribution in [1.29, 1.82) is 0 Å². The molecule has 0 aliphatic heterocycles. The first kappa shape index (κ1) is 14.8. The Morgan fingerprint density at radius 2 is 1.67 bits per heavy atom. The highest BCUT2D eigenvalue weighted by Crippen LogP contribution is 2.67. The molecule has 0 aromatic rings. The summed E-state index contributed by atoms with van der Waals surface area (Å²) in [6.45, 7) is 8.89. The highest BCUT2D eigenvalue weighted by Gasteiger charge is 2.64. The minimum atomic E-state index is -1.57. The summed E-state index contributed by atoms with van der Waals surface area (Å²) in [5, 5.41) is 22.4. The fourth-order valence-corrected chi connectivity index (χ4v) is 2.38. The van der Waals surface area contributed by atoms with Gasteiger partial charge in [-0.05, 0) is 16.7 Å². The lowest BCUT2D eigenvalue weighted by Crippen LogP contribution is -2.42. The molecule has 104 valence electrons. The first-order valence-electron chi connectivity index (χ1n) is 6.03. The Morgan fingerprint density at radius 3 is 2.06 bits per heavy atom. The van der Waals surface area contributed by atoms with E-state index in [0.717, 1.165) is 0 Å². The average Bonchev–Trinajstić information content (AvgIpc) is 2.63. The quantitative estimate of drug-likeness (QED) is 0.574. The molecule has 0 aromatic heterocycles. The molecule has 0 spiro atoms. The van der Waals surface area contributed by atoms with E-state index in [-0.39, 0.29) is 17.4 Å². The summed E-state index contributed by atoms with van der Waals surface area (Å²) < 4.78 is 0. The molecule has 1 aliphatic carbocycles. The molecule has 0 bridgehead atoms. The molecule has 6 heteroatoms. The summed E-state index contributed by atoms with van der Waals surface area (Å²) in [6, 6.07) is -0.450. The van der Waals surface area contributed by atoms with Gasteiger partial charge in [0.05, 0.1) is 6.54 Å². The first-order valence-corrected chi connectivity index (χ1v) is 6.03. The van der Waals surface area contributed by atoms with Crippen molar-refractivity contribution in [3.05, 3.63) is 0 Å². The number of aliphatic carboxylic acids is 1. The summed E-state index contributed by atoms with van der Waals surface area (Å²) in [6.07, 6.45) is -1.57. The zero-order valence-electron chi connectivity index (χ0n) is 11.3. The molecule has 6 nitrogen and oxygen atoms in total. The summed E-state index contributed by atoms with van der Waals surface area (Å²) >= 11 is 0. The molecule has 1 saturated carbocycles. The second kappa shape index (κ2) is 4.76. The van der Waals surface area contributed by atoms with Crippen LogP contribution in [0.5, 0.6) is 0 Å². The van der Waals surface area contributed by atoms with Crippen molar-refractivity contribution in [3.8, 4) is 0 Å². The summed E-state index contributed by atoms with van der Waals surface area (Å²) in [5.74, 6) is -0.945. The number of nitrogens with one attached hydrogen (secondary N) is 2. The van der Waals surface area contributed by atoms with Crippen LogP contribution in [-0.2, 0) is 4.79 Å². The maximum atomic E-state index is 11.4. The zero-order chi connectivity index (χ0) is 14.1. The predicted octanol–water partition coefficient (Wildman–Crippen LogP) is 0.413. The van der Waals surface area contributed by atoms with Crippen LogP contribution in [0.1, 0.15) is 27.7 Å². The Balaban J connectivity index is 2.26. The molecule has 1 rings (SSSR count). The molecule has 0 saturated heterocycles. The van der Waals surface area contributed by atoms with E-state index in [4.69, 9.17) is 10.2 Å². The van der Waals surface area contributed by atoms with Crippen molar-refractivity contribution >= 4 is 12.0 Å². The van der Waals surface area contributed by atoms with Crippen LogP contribution < -0.4 is 10.6 Å². The molecule has 4 N–H and O–H groups in total. The maximum absolute atomic E-state index is 11.4. The second-order valence-corrected chi connectivity index (χ2v) is 5.94. The number of hydrogen-bond donors (Lipinski definition) is 4. The number of amides is 2. The third kappa shape index (κ3) is 2.75. The molecule has 1 fully saturated rings. The summed E-state index contributed by atoms with van der Waals surface area (Å²) in [5.41, 5.74) is 0.391. The SMILES string of the molecule is CC1(C)C(CNC(=O)NC[C@H](O)C(=O)O)C1(C)C. The molecule has 1 atom stereocenters. The number of carboxylic acid groups (broad SMARTS) is 1. The summed E-state index contributed by atoms with van der Waals surface area (Å²) in [4.78, 5) is 21.7. The van der Waals surface area contributed by atoms with E-state index >= 15 is 0 Å². The van der Waals surface area contributed by atoms with Gasteiger partial charge in [-0.15, -0.1) is 0 Å². The van der Waals surface area contributed by atoms with Gasteiger partial charge in [0.25, 0.3) is 0 Å². The molecule has 0 aromatic carbocycles. The predicted molar refractivity (Wildman–Crippen MR) is 66.1 cm³/mol. The summed E-state index contributed by atoms with van der Waals surface area (Å²) in [7, 11) is 0. The van der Waals surface area contributed by atoms with E-state index in [1.807, 2.05) is 0 Å². The monoisotopic (exact) mass is 258 g/mol. The number of rotatable bonds is 5. The lowest BCUT2D eigenvalue weighted by molar-refractivity contribution is -0.146. The minimum Gasteiger partial charge on any atom is -0.479 e. The number of aliphatic hydroxyl groups is 1. The van der Waals surface area contributed by atoms with Crippen LogP contribution in [0.15, 0.2) is 0 Å². The van der Waals surface area contributed by atoms with Gasteiger partial charge in [-0.25, -0.2) is 9.59 Å². The highest BCUT2D eigenvalue weighted by molar-refractivity contribution is 5.76. The number of carbonyl (C=O) groups excluding carboxylic acids is 1. The Hall–Kier alpha value is -1.30. The van der Waals surface area contributed by atoms with Crippen molar-refractivity contribution < 1.29 is 19.8 Å². The number of urea groups is 1. The van der Waals surface area contributed by atoms with Crippen molar-refractivity contribution in [2.24, 2.45) is 16.7 Å². The van der Waals surface area contributed by atoms with Gasteiger partial charge in [0.1, 0.15) is 0 Å². The van der Waals surface area contributed by atoms with Crippen LogP contribution in [0.4, 0.5) is 4.79 Å². The maximum Gasteiger partial charge on any atom is 0.334 e. The lowest BCUT2D eigenvalue weighted by atomic mass is 10.0. The van der Waals surface area contributed by atoms with Crippen LogP contribution in [0.25, 0.3) is 0 Å². The lowest BCUT2D eigenvalue weighted by Gasteiger charge is -2.10. The van der Waals surface area contributed by atoms with Crippen LogP contribution >= 0.6 is 0 Å². The smallest absolute Gasteiger partial charge is 0.334 e. The molecular formula is C12H22N2O4. The van der Waals surface area contributed by atoms with E-state index in [1.54, 1.807) is 0 Å². The molecule has 1 aliphatic rings. The van der Waals surface area contributed by atoms with Crippen molar-refractivity contribution in [1.82, 2.24) is 10.6 Å². The molecular weight excluding hydrogens is 236 g/mol. The fraction of sp³-hybridized carbons (Fsp3) is 0.833. The van der Waals surface area contributed by atoms with Gasteiger partial charge in [-0.2, -0.15) is 0 Å². The molecule has 2 amide bonds. The molecule has 0 unspecified atom stereocenters. The van der Waals surface area contributed by atoms with Crippen molar-refractivity contribution in [2.45, 2.75) is 33.8 Å². The van der Waals surface area contributed by atoms with E-state index in [0.29, 0.717) is 12.5 Å². The Kier molecular flexibility index (Phi) is 3.90. The third-order valence-corrected chi connectivity index (χ3v) is 4.53. The van der Waals surface area contributed by atoms with Gasteiger partial charge in [0.2, 0.25) is 0 Å². The van der Waals surface area contributed by atoms with Crippen LogP contribution in [0.3, 0.4) is 0 Å². The largest absolute Gasteiger partial charge is 0.479 e. The van der Waals surface area contributed by atoms with Gasteiger partial charge < -0.3 is 20.8 Å². The third-order valence-electron chi connectivity index (χ3n) is 4.53. The molecule has 0 radical (unpaired) electrons. The van der Waals surface area contributed by atoms with E-state index in [9.17, 15) is 9.59 Å². The fourth-order valence-electron chi connectivity index (χ4n) is 2.38. The molecule has 0 heterocycles. The van der Waals surface area contributed by atoms with Crippen LogP contribution in [0, 0.1) is 16.7 Å². The van der Waals surface area contributed by atoms with E-state index < -0.39 is 18.1 Å². The van der Waals surface area contributed by atoms with Crippen LogP contribution in [0.2, 0.25) is 0 Å². The van der Waals surface area contributed by atoms with E-state index in [1.165, 1.54) is 0 Å². The van der Waals surface area contributed by atoms with Gasteiger partial charge in [0, 0.05) is 6.54 Å². The Bertz CT molecular complexity index is 338. The van der Waals surface area contributed by atoms with Crippen molar-refractivity contribution in [2.75, 3.05) is 13.1 Å². The van der Waals surface area contributed by atoms with Crippen molar-refractivity contribution in [3.63, 3.8) is 0 Å².